The number of nitrogens with one attached hydrogen (secondary N) is 1. The van der Waals surface area contributed by atoms with Crippen LogP contribution in [0.3, 0.4) is 0 Å². The first-order chi connectivity index (χ1) is 12.2. The van der Waals surface area contributed by atoms with Gasteiger partial charge in [-0.1, -0.05) is 62.4 Å². The van der Waals surface area contributed by atoms with Crippen molar-refractivity contribution in [2.24, 2.45) is 5.92 Å². The number of aliphatic hydroxyl groups is 1. The van der Waals surface area contributed by atoms with E-state index in [0.717, 1.165) is 19.6 Å². The summed E-state index contributed by atoms with van der Waals surface area (Å²) in [5.74, 6) is 0.0316. The van der Waals surface area contributed by atoms with Gasteiger partial charge in [0.15, 0.2) is 0 Å². The van der Waals surface area contributed by atoms with Gasteiger partial charge < -0.3 is 10.4 Å². The molecule has 2 rings (SSSR count). The summed E-state index contributed by atoms with van der Waals surface area (Å²) >= 11 is 0. The van der Waals surface area contributed by atoms with Gasteiger partial charge in [-0.2, -0.15) is 0 Å². The van der Waals surface area contributed by atoms with E-state index >= 15 is 0 Å². The van der Waals surface area contributed by atoms with Crippen molar-refractivity contribution in [1.82, 2.24) is 10.2 Å². The fraction of sp³-hybridized carbons (Fsp3) is 0.429. The molecule has 2 atom stereocenters. The molecule has 0 aliphatic carbocycles. The van der Waals surface area contributed by atoms with Crippen LogP contribution in [0.4, 0.5) is 4.39 Å². The molecule has 25 heavy (non-hydrogen) atoms. The van der Waals surface area contributed by atoms with E-state index in [1.165, 1.54) is 11.6 Å². The van der Waals surface area contributed by atoms with Gasteiger partial charge in [0, 0.05) is 31.2 Å². The summed E-state index contributed by atoms with van der Waals surface area (Å²) in [4.78, 5) is 2.23. The lowest BCUT2D eigenvalue weighted by atomic mass is 9.93. The molecule has 0 radical (unpaired) electrons. The van der Waals surface area contributed by atoms with Crippen molar-refractivity contribution in [2.75, 3.05) is 26.2 Å². The lowest BCUT2D eigenvalue weighted by Gasteiger charge is -2.31. The van der Waals surface area contributed by atoms with Gasteiger partial charge >= 0.3 is 0 Å². The molecule has 2 unspecified atom stereocenters. The molecule has 136 valence electrons. The second kappa shape index (κ2) is 10.3. The van der Waals surface area contributed by atoms with Crippen molar-refractivity contribution in [3.8, 4) is 0 Å². The van der Waals surface area contributed by atoms with Crippen LogP contribution in [-0.2, 0) is 6.54 Å². The van der Waals surface area contributed by atoms with Crippen molar-refractivity contribution in [1.29, 1.82) is 0 Å². The number of halogens is 1. The Morgan fingerprint density at radius 1 is 1.08 bits per heavy atom. The summed E-state index contributed by atoms with van der Waals surface area (Å²) in [6, 6.07) is 17.2. The molecule has 2 aromatic carbocycles. The summed E-state index contributed by atoms with van der Waals surface area (Å²) < 4.78 is 14.3. The van der Waals surface area contributed by atoms with Gasteiger partial charge in [0.1, 0.15) is 5.82 Å². The molecule has 0 saturated heterocycles. The van der Waals surface area contributed by atoms with Gasteiger partial charge in [-0.3, -0.25) is 4.90 Å². The van der Waals surface area contributed by atoms with Crippen molar-refractivity contribution >= 4 is 0 Å². The van der Waals surface area contributed by atoms with Crippen LogP contribution in [0.25, 0.3) is 0 Å². The van der Waals surface area contributed by atoms with Gasteiger partial charge in [-0.05, 0) is 24.1 Å². The normalized spacial score (nSPS) is 13.8. The molecule has 0 fully saturated rings. The van der Waals surface area contributed by atoms with Gasteiger partial charge in [0.2, 0.25) is 0 Å². The maximum atomic E-state index is 14.3. The molecule has 2 N–H and O–H groups in total. The third-order valence-corrected chi connectivity index (χ3v) is 4.44. The largest absolute Gasteiger partial charge is 0.395 e. The molecule has 3 nitrogen and oxygen atoms in total. The van der Waals surface area contributed by atoms with Crippen molar-refractivity contribution < 1.29 is 9.50 Å². The van der Waals surface area contributed by atoms with Crippen LogP contribution in [-0.4, -0.2) is 36.2 Å². The predicted octanol–water partition coefficient (Wildman–Crippen LogP) is 3.61. The highest BCUT2D eigenvalue weighted by molar-refractivity contribution is 5.22. The SMILES string of the molecule is CCNC(c1ccccc1F)C(C)CN(CCO)Cc1ccccc1. The molecular formula is C21H29FN2O. The highest BCUT2D eigenvalue weighted by atomic mass is 19.1. The number of rotatable bonds is 10. The first-order valence-electron chi connectivity index (χ1n) is 9.00. The second-order valence-corrected chi connectivity index (χ2v) is 6.48. The Kier molecular flexibility index (Phi) is 8.06. The Balaban J connectivity index is 2.11. The summed E-state index contributed by atoms with van der Waals surface area (Å²) in [6.07, 6.45) is 0. The Bertz CT molecular complexity index is 620. The third kappa shape index (κ3) is 5.92. The van der Waals surface area contributed by atoms with E-state index < -0.39 is 0 Å². The van der Waals surface area contributed by atoms with Crippen molar-refractivity contribution in [3.63, 3.8) is 0 Å². The predicted molar refractivity (Wildman–Crippen MR) is 101 cm³/mol. The zero-order chi connectivity index (χ0) is 18.1. The van der Waals surface area contributed by atoms with Crippen LogP contribution >= 0.6 is 0 Å². The summed E-state index contributed by atoms with van der Waals surface area (Å²) in [6.45, 7) is 7.23. The van der Waals surface area contributed by atoms with Gasteiger partial charge in [-0.15, -0.1) is 0 Å². The average Bonchev–Trinajstić information content (AvgIpc) is 2.61. The van der Waals surface area contributed by atoms with Gasteiger partial charge in [0.05, 0.1) is 6.61 Å². The molecule has 0 aliphatic rings. The number of hydrogen-bond acceptors (Lipinski definition) is 3. The zero-order valence-electron chi connectivity index (χ0n) is 15.2. The molecule has 0 saturated carbocycles. The molecule has 0 aliphatic heterocycles. The first-order valence-corrected chi connectivity index (χ1v) is 9.00. The Morgan fingerprint density at radius 3 is 2.40 bits per heavy atom. The van der Waals surface area contributed by atoms with Crippen LogP contribution in [0.5, 0.6) is 0 Å². The Labute approximate surface area is 150 Å². The maximum absolute atomic E-state index is 14.3. The Morgan fingerprint density at radius 2 is 1.76 bits per heavy atom. The van der Waals surface area contributed by atoms with E-state index in [9.17, 15) is 9.50 Å². The molecule has 0 heterocycles. The average molecular weight is 344 g/mol. The fourth-order valence-electron chi connectivity index (χ4n) is 3.30. The molecular weight excluding hydrogens is 315 g/mol. The quantitative estimate of drug-likeness (QED) is 0.691. The van der Waals surface area contributed by atoms with Crippen molar-refractivity contribution in [3.05, 3.63) is 71.5 Å². The van der Waals surface area contributed by atoms with E-state index in [1.54, 1.807) is 6.07 Å². The number of aliphatic hydroxyl groups excluding tert-OH is 1. The minimum atomic E-state index is -0.169. The van der Waals surface area contributed by atoms with Crippen molar-refractivity contribution in [2.45, 2.75) is 26.4 Å². The lowest BCUT2D eigenvalue weighted by Crippen LogP contribution is -2.37. The Hall–Kier alpha value is -1.75. The van der Waals surface area contributed by atoms with E-state index in [-0.39, 0.29) is 24.4 Å². The van der Waals surface area contributed by atoms with Crippen LogP contribution < -0.4 is 5.32 Å². The molecule has 0 spiro atoms. The maximum Gasteiger partial charge on any atom is 0.127 e. The minimum absolute atomic E-state index is 0.0526. The minimum Gasteiger partial charge on any atom is -0.395 e. The van der Waals surface area contributed by atoms with E-state index in [1.807, 2.05) is 37.3 Å². The molecule has 0 bridgehead atoms. The standard InChI is InChI=1S/C21H29FN2O/c1-3-23-21(19-11-7-8-12-20(19)22)17(2)15-24(13-14-25)16-18-9-5-4-6-10-18/h4-12,17,21,23,25H,3,13-16H2,1-2H3. The fourth-order valence-corrected chi connectivity index (χ4v) is 3.30. The van der Waals surface area contributed by atoms with E-state index in [2.05, 4.69) is 29.3 Å². The third-order valence-electron chi connectivity index (χ3n) is 4.44. The number of nitrogens with zero attached hydrogens (tertiary/aromatic N) is 1. The monoisotopic (exact) mass is 344 g/mol. The summed E-state index contributed by atoms with van der Waals surface area (Å²) in [5, 5.41) is 12.8. The van der Waals surface area contributed by atoms with Gasteiger partial charge in [-0.25, -0.2) is 4.39 Å². The number of hydrogen-bond donors (Lipinski definition) is 2. The smallest absolute Gasteiger partial charge is 0.127 e. The van der Waals surface area contributed by atoms with Crippen LogP contribution in [0, 0.1) is 11.7 Å². The lowest BCUT2D eigenvalue weighted by molar-refractivity contribution is 0.159. The highest BCUT2D eigenvalue weighted by Crippen LogP contribution is 2.25. The van der Waals surface area contributed by atoms with E-state index in [0.29, 0.717) is 12.1 Å². The summed E-state index contributed by atoms with van der Waals surface area (Å²) in [5.41, 5.74) is 1.93. The second-order valence-electron chi connectivity index (χ2n) is 6.48. The van der Waals surface area contributed by atoms with Crippen LogP contribution in [0.1, 0.15) is 31.0 Å². The van der Waals surface area contributed by atoms with Crippen LogP contribution in [0.2, 0.25) is 0 Å². The molecule has 4 heteroatoms. The molecule has 0 aromatic heterocycles. The molecule has 0 amide bonds. The number of benzene rings is 2. The highest BCUT2D eigenvalue weighted by Gasteiger charge is 2.23. The first kappa shape index (κ1) is 19.6. The topological polar surface area (TPSA) is 35.5 Å². The van der Waals surface area contributed by atoms with Gasteiger partial charge in [0.25, 0.3) is 0 Å². The van der Waals surface area contributed by atoms with E-state index in [4.69, 9.17) is 0 Å². The van der Waals surface area contributed by atoms with Crippen LogP contribution in [0.15, 0.2) is 54.6 Å². The molecule has 2 aromatic rings. The zero-order valence-corrected chi connectivity index (χ0v) is 15.2. The summed E-state index contributed by atoms with van der Waals surface area (Å²) in [7, 11) is 0.